The largest absolute Gasteiger partial charge is 0.357 e. The maximum Gasteiger partial charge on any atom is 0.244 e. The lowest BCUT2D eigenvalue weighted by atomic mass is 10.1. The van der Waals surface area contributed by atoms with Gasteiger partial charge in [-0.05, 0) is 30.4 Å². The number of sulfonamides is 1. The molecular formula is C25H29N3O4S. The maximum absolute atomic E-state index is 13.4. The summed E-state index contributed by atoms with van der Waals surface area (Å²) in [6.45, 7) is 1.53. The Kier molecular flexibility index (Phi) is 7.71. The number of fused-ring (bicyclic) bond motifs is 1. The fourth-order valence-corrected chi connectivity index (χ4v) is 4.66. The van der Waals surface area contributed by atoms with Crippen LogP contribution in [-0.4, -0.2) is 57.6 Å². The molecule has 33 heavy (non-hydrogen) atoms. The summed E-state index contributed by atoms with van der Waals surface area (Å²) in [5.41, 5.74) is 1.45. The van der Waals surface area contributed by atoms with E-state index in [1.165, 1.54) is 11.9 Å². The number of hydrogen-bond donors (Lipinski definition) is 1. The molecule has 0 aliphatic heterocycles. The summed E-state index contributed by atoms with van der Waals surface area (Å²) >= 11 is 0. The fourth-order valence-electron chi connectivity index (χ4n) is 3.80. The predicted octanol–water partition coefficient (Wildman–Crippen LogP) is 2.81. The van der Waals surface area contributed by atoms with E-state index in [1.807, 2.05) is 60.7 Å². The van der Waals surface area contributed by atoms with Crippen LogP contribution >= 0.6 is 0 Å². The second-order valence-electron chi connectivity index (χ2n) is 7.88. The molecule has 0 spiro atoms. The van der Waals surface area contributed by atoms with Crippen molar-refractivity contribution in [2.45, 2.75) is 19.4 Å². The third-order valence-corrected chi connectivity index (χ3v) is 6.74. The summed E-state index contributed by atoms with van der Waals surface area (Å²) in [7, 11) is -2.26. The van der Waals surface area contributed by atoms with Crippen molar-refractivity contribution in [1.82, 2.24) is 10.2 Å². The third kappa shape index (κ3) is 5.90. The highest BCUT2D eigenvalue weighted by Crippen LogP contribution is 2.28. The molecule has 0 heterocycles. The van der Waals surface area contributed by atoms with Crippen molar-refractivity contribution in [3.63, 3.8) is 0 Å². The number of hydrogen-bond acceptors (Lipinski definition) is 4. The van der Waals surface area contributed by atoms with Crippen LogP contribution in [0.25, 0.3) is 10.8 Å². The van der Waals surface area contributed by atoms with Crippen molar-refractivity contribution in [3.8, 4) is 0 Å². The van der Waals surface area contributed by atoms with Crippen LogP contribution in [0.2, 0.25) is 0 Å². The van der Waals surface area contributed by atoms with E-state index in [2.05, 4.69) is 5.32 Å². The highest BCUT2D eigenvalue weighted by atomic mass is 32.2. The lowest BCUT2D eigenvalue weighted by Crippen LogP contribution is -2.51. The maximum atomic E-state index is 13.4. The van der Waals surface area contributed by atoms with E-state index in [1.54, 1.807) is 19.1 Å². The van der Waals surface area contributed by atoms with Gasteiger partial charge in [0.15, 0.2) is 0 Å². The molecule has 1 N–H and O–H groups in total. The molecule has 1 atom stereocenters. The number of benzene rings is 3. The first kappa shape index (κ1) is 24.3. The molecule has 0 aliphatic rings. The van der Waals surface area contributed by atoms with Gasteiger partial charge in [0.1, 0.15) is 12.6 Å². The molecule has 0 aliphatic carbocycles. The first-order valence-corrected chi connectivity index (χ1v) is 12.6. The van der Waals surface area contributed by atoms with Crippen LogP contribution in [-0.2, 0) is 26.0 Å². The molecule has 3 rings (SSSR count). The van der Waals surface area contributed by atoms with Crippen molar-refractivity contribution in [2.75, 3.05) is 30.7 Å². The lowest BCUT2D eigenvalue weighted by molar-refractivity contribution is -0.138. The molecule has 0 fully saturated rings. The van der Waals surface area contributed by atoms with E-state index < -0.39 is 28.5 Å². The van der Waals surface area contributed by atoms with Crippen molar-refractivity contribution >= 4 is 38.3 Å². The SMILES string of the molecule is CNC(=O)C(C)N(CCc1ccccc1)C(=O)CN(c1cccc2ccccc12)S(C)(=O)=O. The van der Waals surface area contributed by atoms with Gasteiger partial charge in [-0.1, -0.05) is 66.7 Å². The van der Waals surface area contributed by atoms with Crippen molar-refractivity contribution < 1.29 is 18.0 Å². The number of nitrogens with zero attached hydrogens (tertiary/aromatic N) is 2. The predicted molar refractivity (Wildman–Crippen MR) is 132 cm³/mol. The molecule has 0 saturated carbocycles. The van der Waals surface area contributed by atoms with E-state index in [9.17, 15) is 18.0 Å². The van der Waals surface area contributed by atoms with Gasteiger partial charge >= 0.3 is 0 Å². The second-order valence-corrected chi connectivity index (χ2v) is 9.79. The Morgan fingerprint density at radius 3 is 2.24 bits per heavy atom. The number of rotatable bonds is 9. The second kappa shape index (κ2) is 10.5. The Morgan fingerprint density at radius 2 is 1.58 bits per heavy atom. The molecule has 1 unspecified atom stereocenters. The van der Waals surface area contributed by atoms with Gasteiger partial charge in [0, 0.05) is 19.0 Å². The molecule has 7 nitrogen and oxygen atoms in total. The highest BCUT2D eigenvalue weighted by molar-refractivity contribution is 7.92. The molecule has 2 amide bonds. The molecular weight excluding hydrogens is 438 g/mol. The number of amides is 2. The minimum atomic E-state index is -3.77. The Hall–Kier alpha value is -3.39. The number of carbonyl (C=O) groups excluding carboxylic acids is 2. The van der Waals surface area contributed by atoms with E-state index in [4.69, 9.17) is 0 Å². The zero-order chi connectivity index (χ0) is 24.0. The van der Waals surface area contributed by atoms with Crippen molar-refractivity contribution in [2.24, 2.45) is 0 Å². The number of likely N-dealkylation sites (N-methyl/N-ethyl adjacent to an activating group) is 1. The van der Waals surface area contributed by atoms with E-state index in [0.29, 0.717) is 12.1 Å². The molecule has 3 aromatic carbocycles. The van der Waals surface area contributed by atoms with Gasteiger partial charge in [-0.2, -0.15) is 0 Å². The van der Waals surface area contributed by atoms with Crippen LogP contribution in [0, 0.1) is 0 Å². The Morgan fingerprint density at radius 1 is 0.939 bits per heavy atom. The summed E-state index contributed by atoms with van der Waals surface area (Å²) in [4.78, 5) is 27.2. The fraction of sp³-hybridized carbons (Fsp3) is 0.280. The Bertz CT molecular complexity index is 1220. The Balaban J connectivity index is 1.93. The Labute approximate surface area is 195 Å². The van der Waals surface area contributed by atoms with Gasteiger partial charge in [-0.15, -0.1) is 0 Å². The number of carbonyl (C=O) groups is 2. The molecule has 0 radical (unpaired) electrons. The summed E-state index contributed by atoms with van der Waals surface area (Å²) in [5, 5.41) is 4.17. The minimum absolute atomic E-state index is 0.282. The average molecular weight is 468 g/mol. The average Bonchev–Trinajstić information content (AvgIpc) is 2.81. The number of nitrogens with one attached hydrogen (secondary N) is 1. The lowest BCUT2D eigenvalue weighted by Gasteiger charge is -2.31. The van der Waals surface area contributed by atoms with Crippen LogP contribution in [0.5, 0.6) is 0 Å². The molecule has 8 heteroatoms. The third-order valence-electron chi connectivity index (χ3n) is 5.61. The van der Waals surface area contributed by atoms with Gasteiger partial charge in [-0.3, -0.25) is 13.9 Å². The van der Waals surface area contributed by atoms with Gasteiger partial charge in [-0.25, -0.2) is 8.42 Å². The van der Waals surface area contributed by atoms with Crippen LogP contribution in [0.15, 0.2) is 72.8 Å². The van der Waals surface area contributed by atoms with E-state index in [-0.39, 0.29) is 12.5 Å². The van der Waals surface area contributed by atoms with Gasteiger partial charge in [0.05, 0.1) is 11.9 Å². The zero-order valence-electron chi connectivity index (χ0n) is 19.1. The summed E-state index contributed by atoms with van der Waals surface area (Å²) in [5.74, 6) is -0.757. The summed E-state index contributed by atoms with van der Waals surface area (Å²) in [6.07, 6.45) is 1.62. The topological polar surface area (TPSA) is 86.8 Å². The molecule has 0 saturated heterocycles. The van der Waals surface area contributed by atoms with Crippen molar-refractivity contribution in [3.05, 3.63) is 78.4 Å². The smallest absolute Gasteiger partial charge is 0.244 e. The molecule has 3 aromatic rings. The van der Waals surface area contributed by atoms with Crippen LogP contribution in [0.1, 0.15) is 12.5 Å². The van der Waals surface area contributed by atoms with E-state index >= 15 is 0 Å². The number of anilines is 1. The van der Waals surface area contributed by atoms with Gasteiger partial charge < -0.3 is 10.2 Å². The van der Waals surface area contributed by atoms with Gasteiger partial charge in [0.2, 0.25) is 21.8 Å². The summed E-state index contributed by atoms with van der Waals surface area (Å²) < 4.78 is 26.6. The highest BCUT2D eigenvalue weighted by Gasteiger charge is 2.29. The normalized spacial score (nSPS) is 12.2. The van der Waals surface area contributed by atoms with E-state index in [0.717, 1.165) is 26.9 Å². The van der Waals surface area contributed by atoms with Crippen LogP contribution in [0.3, 0.4) is 0 Å². The first-order valence-electron chi connectivity index (χ1n) is 10.7. The van der Waals surface area contributed by atoms with Crippen molar-refractivity contribution in [1.29, 1.82) is 0 Å². The first-order chi connectivity index (χ1) is 15.7. The quantitative estimate of drug-likeness (QED) is 0.524. The standard InChI is InChI=1S/C25H29N3O4S/c1-19(25(30)26-2)27(17-16-20-10-5-4-6-11-20)24(29)18-28(33(3,31)32)23-15-9-13-21-12-7-8-14-22(21)23/h4-15,19H,16-18H2,1-3H3,(H,26,30). The summed E-state index contributed by atoms with van der Waals surface area (Å²) in [6, 6.07) is 21.6. The monoisotopic (exact) mass is 467 g/mol. The van der Waals surface area contributed by atoms with Crippen LogP contribution in [0.4, 0.5) is 5.69 Å². The molecule has 0 aromatic heterocycles. The zero-order valence-corrected chi connectivity index (χ0v) is 19.9. The van der Waals surface area contributed by atoms with Gasteiger partial charge in [0.25, 0.3) is 0 Å². The minimum Gasteiger partial charge on any atom is -0.357 e. The molecule has 0 bridgehead atoms. The van der Waals surface area contributed by atoms with Crippen LogP contribution < -0.4 is 9.62 Å². The molecule has 174 valence electrons.